The molecule has 1 aromatic carbocycles. The first kappa shape index (κ1) is 13.7. The van der Waals surface area contributed by atoms with E-state index in [0.29, 0.717) is 6.54 Å². The van der Waals surface area contributed by atoms with E-state index in [-0.39, 0.29) is 11.9 Å². The predicted molar refractivity (Wildman–Crippen MR) is 70.5 cm³/mol. The zero-order valence-corrected chi connectivity index (χ0v) is 10.9. The second kappa shape index (κ2) is 6.40. The van der Waals surface area contributed by atoms with Crippen molar-refractivity contribution in [2.24, 2.45) is 5.73 Å². The minimum atomic E-state index is -0.367. The molecule has 0 unspecified atom stereocenters. The van der Waals surface area contributed by atoms with Crippen LogP contribution in [0.5, 0.6) is 0 Å². The number of amides is 1. The summed E-state index contributed by atoms with van der Waals surface area (Å²) in [6, 6.07) is 7.73. The van der Waals surface area contributed by atoms with Crippen molar-refractivity contribution >= 4 is 5.91 Å². The number of benzene rings is 1. The number of hydrogen-bond acceptors (Lipinski definition) is 2. The minimum Gasteiger partial charge on any atom is -0.340 e. The molecule has 0 saturated carbocycles. The number of hydrogen-bond donors (Lipinski definition) is 1. The second-order valence-electron chi connectivity index (χ2n) is 4.52. The van der Waals surface area contributed by atoms with E-state index >= 15 is 0 Å². The van der Waals surface area contributed by atoms with Crippen molar-refractivity contribution < 1.29 is 4.79 Å². The number of nitrogens with two attached hydrogens (primary N) is 1. The molecule has 1 rings (SSSR count). The van der Waals surface area contributed by atoms with Gasteiger partial charge in [-0.2, -0.15) is 0 Å². The highest BCUT2D eigenvalue weighted by atomic mass is 16.2. The molecular weight excluding hydrogens is 212 g/mol. The lowest BCUT2D eigenvalue weighted by Gasteiger charge is -2.22. The Morgan fingerprint density at radius 1 is 1.41 bits per heavy atom. The fraction of sp³-hybridized carbons (Fsp3) is 0.500. The molecule has 1 amide bonds. The van der Waals surface area contributed by atoms with Crippen LogP contribution in [0.25, 0.3) is 0 Å². The lowest BCUT2D eigenvalue weighted by atomic mass is 10.1. The third kappa shape index (κ3) is 3.86. The lowest BCUT2D eigenvalue weighted by Crippen LogP contribution is -2.41. The van der Waals surface area contributed by atoms with Gasteiger partial charge < -0.3 is 10.6 Å². The Morgan fingerprint density at radius 2 is 2.06 bits per heavy atom. The van der Waals surface area contributed by atoms with Crippen LogP contribution in [0.2, 0.25) is 0 Å². The van der Waals surface area contributed by atoms with E-state index < -0.39 is 0 Å². The fourth-order valence-corrected chi connectivity index (χ4v) is 1.84. The molecule has 0 bridgehead atoms. The van der Waals surface area contributed by atoms with Gasteiger partial charge >= 0.3 is 0 Å². The lowest BCUT2D eigenvalue weighted by molar-refractivity contribution is -0.132. The highest BCUT2D eigenvalue weighted by Crippen LogP contribution is 2.10. The highest BCUT2D eigenvalue weighted by molar-refractivity contribution is 5.81. The molecule has 0 radical (unpaired) electrons. The van der Waals surface area contributed by atoms with Crippen LogP contribution in [0.3, 0.4) is 0 Å². The standard InChI is InChI=1S/C14H22N2O/c1-4-7-13(15)14(17)16(3)10-12-9-6-5-8-11(12)2/h5-6,8-9,13H,4,7,10,15H2,1-3H3/t13-/m1/s1. The van der Waals surface area contributed by atoms with Crippen LogP contribution in [-0.2, 0) is 11.3 Å². The summed E-state index contributed by atoms with van der Waals surface area (Å²) in [5, 5.41) is 0. The molecular formula is C14H22N2O. The first-order valence-corrected chi connectivity index (χ1v) is 6.11. The van der Waals surface area contributed by atoms with Crippen molar-refractivity contribution in [2.75, 3.05) is 7.05 Å². The van der Waals surface area contributed by atoms with E-state index in [4.69, 9.17) is 5.73 Å². The molecule has 17 heavy (non-hydrogen) atoms. The van der Waals surface area contributed by atoms with Crippen molar-refractivity contribution in [2.45, 2.75) is 39.3 Å². The fourth-order valence-electron chi connectivity index (χ4n) is 1.84. The number of aryl methyl sites for hydroxylation is 1. The number of rotatable bonds is 5. The van der Waals surface area contributed by atoms with Gasteiger partial charge in [-0.15, -0.1) is 0 Å². The number of carbonyl (C=O) groups is 1. The molecule has 1 atom stereocenters. The Kier molecular flexibility index (Phi) is 5.16. The van der Waals surface area contributed by atoms with E-state index in [1.807, 2.05) is 32.2 Å². The average Bonchev–Trinajstić information content (AvgIpc) is 2.31. The summed E-state index contributed by atoms with van der Waals surface area (Å²) in [6.45, 7) is 4.72. The molecule has 3 heteroatoms. The van der Waals surface area contributed by atoms with Gasteiger partial charge in [-0.05, 0) is 24.5 Å². The Bertz CT molecular complexity index is 376. The molecule has 0 aliphatic heterocycles. The van der Waals surface area contributed by atoms with Gasteiger partial charge in [0.25, 0.3) is 0 Å². The van der Waals surface area contributed by atoms with Crippen LogP contribution in [-0.4, -0.2) is 23.9 Å². The maximum absolute atomic E-state index is 11.9. The Labute approximate surface area is 104 Å². The summed E-state index contributed by atoms with van der Waals surface area (Å²) in [6.07, 6.45) is 1.68. The van der Waals surface area contributed by atoms with Crippen LogP contribution in [0.1, 0.15) is 30.9 Å². The normalized spacial score (nSPS) is 12.2. The zero-order valence-electron chi connectivity index (χ0n) is 10.9. The third-order valence-corrected chi connectivity index (χ3v) is 2.96. The van der Waals surface area contributed by atoms with Crippen LogP contribution in [0.15, 0.2) is 24.3 Å². The maximum atomic E-state index is 11.9. The molecule has 0 spiro atoms. The number of nitrogens with zero attached hydrogens (tertiary/aromatic N) is 1. The van der Waals surface area contributed by atoms with Crippen LogP contribution >= 0.6 is 0 Å². The molecule has 0 aromatic heterocycles. The van der Waals surface area contributed by atoms with Crippen LogP contribution < -0.4 is 5.73 Å². The van der Waals surface area contributed by atoms with Crippen molar-refractivity contribution in [1.29, 1.82) is 0 Å². The summed E-state index contributed by atoms with van der Waals surface area (Å²) < 4.78 is 0. The molecule has 0 heterocycles. The highest BCUT2D eigenvalue weighted by Gasteiger charge is 2.17. The van der Waals surface area contributed by atoms with E-state index in [1.54, 1.807) is 4.90 Å². The summed E-state index contributed by atoms with van der Waals surface area (Å²) in [7, 11) is 1.81. The molecule has 94 valence electrons. The first-order chi connectivity index (χ1) is 8.06. The monoisotopic (exact) mass is 234 g/mol. The molecule has 0 aliphatic carbocycles. The van der Waals surface area contributed by atoms with Gasteiger partial charge in [0.15, 0.2) is 0 Å². The molecule has 3 nitrogen and oxygen atoms in total. The average molecular weight is 234 g/mol. The van der Waals surface area contributed by atoms with Crippen molar-refractivity contribution in [1.82, 2.24) is 4.90 Å². The predicted octanol–water partition coefficient (Wildman–Crippen LogP) is 2.08. The van der Waals surface area contributed by atoms with Crippen molar-refractivity contribution in [3.05, 3.63) is 35.4 Å². The number of likely N-dealkylation sites (N-methyl/N-ethyl adjacent to an activating group) is 1. The Balaban J connectivity index is 2.63. The van der Waals surface area contributed by atoms with Crippen LogP contribution in [0, 0.1) is 6.92 Å². The van der Waals surface area contributed by atoms with Gasteiger partial charge in [-0.3, -0.25) is 4.79 Å². The summed E-state index contributed by atoms with van der Waals surface area (Å²) in [5.74, 6) is 0.0232. The van der Waals surface area contributed by atoms with Gasteiger partial charge in [-0.1, -0.05) is 37.6 Å². The first-order valence-electron chi connectivity index (χ1n) is 6.11. The van der Waals surface area contributed by atoms with Crippen molar-refractivity contribution in [3.63, 3.8) is 0 Å². The molecule has 0 saturated heterocycles. The van der Waals surface area contributed by atoms with E-state index in [9.17, 15) is 4.79 Å². The Hall–Kier alpha value is -1.35. The Morgan fingerprint density at radius 3 is 2.65 bits per heavy atom. The largest absolute Gasteiger partial charge is 0.340 e. The SMILES string of the molecule is CCC[C@@H](N)C(=O)N(C)Cc1ccccc1C. The van der Waals surface area contributed by atoms with Crippen LogP contribution in [0.4, 0.5) is 0 Å². The van der Waals surface area contributed by atoms with Gasteiger partial charge in [0.05, 0.1) is 6.04 Å². The minimum absolute atomic E-state index is 0.0232. The second-order valence-corrected chi connectivity index (χ2v) is 4.52. The molecule has 0 fully saturated rings. The summed E-state index contributed by atoms with van der Waals surface area (Å²) in [4.78, 5) is 13.7. The summed E-state index contributed by atoms with van der Waals surface area (Å²) >= 11 is 0. The van der Waals surface area contributed by atoms with Crippen molar-refractivity contribution in [3.8, 4) is 0 Å². The van der Waals surface area contributed by atoms with Gasteiger partial charge in [0.2, 0.25) is 5.91 Å². The smallest absolute Gasteiger partial charge is 0.239 e. The summed E-state index contributed by atoms with van der Waals surface area (Å²) in [5.41, 5.74) is 8.21. The van der Waals surface area contributed by atoms with E-state index in [1.165, 1.54) is 11.1 Å². The maximum Gasteiger partial charge on any atom is 0.239 e. The number of carbonyl (C=O) groups excluding carboxylic acids is 1. The zero-order chi connectivity index (χ0) is 12.8. The van der Waals surface area contributed by atoms with E-state index in [2.05, 4.69) is 13.0 Å². The third-order valence-electron chi connectivity index (χ3n) is 2.96. The van der Waals surface area contributed by atoms with E-state index in [0.717, 1.165) is 12.8 Å². The molecule has 2 N–H and O–H groups in total. The quantitative estimate of drug-likeness (QED) is 0.848. The molecule has 0 aliphatic rings. The molecule has 1 aromatic rings. The van der Waals surface area contributed by atoms with Gasteiger partial charge in [-0.25, -0.2) is 0 Å². The van der Waals surface area contributed by atoms with Gasteiger partial charge in [0.1, 0.15) is 0 Å². The van der Waals surface area contributed by atoms with Gasteiger partial charge in [0, 0.05) is 13.6 Å². The topological polar surface area (TPSA) is 46.3 Å².